The fraction of sp³-hybridized carbons (Fsp3) is 0.667. The van der Waals surface area contributed by atoms with Crippen LogP contribution in [-0.2, 0) is 4.74 Å². The monoisotopic (exact) mass is 210 g/mol. The van der Waals surface area contributed by atoms with E-state index in [1.54, 1.807) is 12.5 Å². The number of aliphatic hydroxyl groups is 1. The third-order valence-electron chi connectivity index (χ3n) is 3.08. The molecule has 1 atom stereocenters. The molecule has 0 bridgehead atoms. The van der Waals surface area contributed by atoms with Crippen LogP contribution in [0.2, 0.25) is 0 Å². The summed E-state index contributed by atoms with van der Waals surface area (Å²) in [4.78, 5) is 0. The Bertz CT molecular complexity index is 275. The number of rotatable bonds is 5. The Balaban J connectivity index is 1.71. The van der Waals surface area contributed by atoms with E-state index in [2.05, 4.69) is 0 Å². The molecule has 84 valence electrons. The van der Waals surface area contributed by atoms with Gasteiger partial charge < -0.3 is 14.3 Å². The molecule has 15 heavy (non-hydrogen) atoms. The van der Waals surface area contributed by atoms with E-state index in [1.807, 2.05) is 13.0 Å². The average Bonchev–Trinajstić information content (AvgIpc) is 2.67. The molecule has 0 spiro atoms. The fourth-order valence-corrected chi connectivity index (χ4v) is 2.16. The highest BCUT2D eigenvalue weighted by molar-refractivity contribution is 5.09. The van der Waals surface area contributed by atoms with Crippen LogP contribution in [0.1, 0.15) is 37.9 Å². The number of furan rings is 1. The molecule has 1 N–H and O–H groups in total. The summed E-state index contributed by atoms with van der Waals surface area (Å²) >= 11 is 0. The molecule has 1 aliphatic carbocycles. The second-order valence-corrected chi connectivity index (χ2v) is 4.22. The molecule has 1 aromatic rings. The van der Waals surface area contributed by atoms with Crippen molar-refractivity contribution >= 4 is 0 Å². The summed E-state index contributed by atoms with van der Waals surface area (Å²) in [5.74, 6) is 0.603. The van der Waals surface area contributed by atoms with Crippen LogP contribution >= 0.6 is 0 Å². The van der Waals surface area contributed by atoms with E-state index >= 15 is 0 Å². The highest BCUT2D eigenvalue weighted by Crippen LogP contribution is 2.36. The van der Waals surface area contributed by atoms with Crippen molar-refractivity contribution in [3.05, 3.63) is 24.2 Å². The molecule has 0 saturated heterocycles. The summed E-state index contributed by atoms with van der Waals surface area (Å²) < 4.78 is 10.4. The summed E-state index contributed by atoms with van der Waals surface area (Å²) in [5, 5.41) is 9.86. The molecule has 1 aliphatic rings. The predicted molar refractivity (Wildman–Crippen MR) is 56.4 cm³/mol. The third-order valence-corrected chi connectivity index (χ3v) is 3.08. The minimum absolute atomic E-state index is 0.378. The van der Waals surface area contributed by atoms with Crippen LogP contribution in [0.5, 0.6) is 0 Å². The van der Waals surface area contributed by atoms with Gasteiger partial charge >= 0.3 is 0 Å². The lowest BCUT2D eigenvalue weighted by atomic mass is 9.78. The van der Waals surface area contributed by atoms with Crippen molar-refractivity contribution in [2.45, 2.75) is 38.4 Å². The second-order valence-electron chi connectivity index (χ2n) is 4.22. The van der Waals surface area contributed by atoms with E-state index in [-0.39, 0.29) is 6.10 Å². The average molecular weight is 210 g/mol. The zero-order chi connectivity index (χ0) is 10.7. The first kappa shape index (κ1) is 10.7. The lowest BCUT2D eigenvalue weighted by Crippen LogP contribution is -2.32. The van der Waals surface area contributed by atoms with E-state index in [9.17, 15) is 5.11 Å². The first-order chi connectivity index (χ1) is 7.29. The van der Waals surface area contributed by atoms with Gasteiger partial charge in [0.15, 0.2) is 0 Å². The van der Waals surface area contributed by atoms with Crippen molar-refractivity contribution in [1.29, 1.82) is 0 Å². The Hall–Kier alpha value is -0.800. The minimum Gasteiger partial charge on any atom is -0.472 e. The number of hydrogen-bond donors (Lipinski definition) is 1. The molecule has 2 rings (SSSR count). The Morgan fingerprint density at radius 1 is 1.60 bits per heavy atom. The molecule has 0 radical (unpaired) electrons. The molecule has 0 aliphatic heterocycles. The Kier molecular flexibility index (Phi) is 3.44. The minimum atomic E-state index is -0.378. The molecule has 0 aromatic carbocycles. The van der Waals surface area contributed by atoms with Gasteiger partial charge in [-0.2, -0.15) is 0 Å². The van der Waals surface area contributed by atoms with Crippen LogP contribution in [0.4, 0.5) is 0 Å². The van der Waals surface area contributed by atoms with E-state index in [1.165, 1.54) is 0 Å². The van der Waals surface area contributed by atoms with Crippen molar-refractivity contribution < 1.29 is 14.3 Å². The van der Waals surface area contributed by atoms with Gasteiger partial charge in [-0.25, -0.2) is 0 Å². The number of aliphatic hydroxyl groups excluding tert-OH is 1. The lowest BCUT2D eigenvalue weighted by molar-refractivity contribution is -0.0380. The summed E-state index contributed by atoms with van der Waals surface area (Å²) in [6, 6.07) is 1.82. The quantitative estimate of drug-likeness (QED) is 0.812. The highest BCUT2D eigenvalue weighted by Gasteiger charge is 2.31. The largest absolute Gasteiger partial charge is 0.472 e. The van der Waals surface area contributed by atoms with Crippen LogP contribution in [0, 0.1) is 5.92 Å². The van der Waals surface area contributed by atoms with E-state index in [4.69, 9.17) is 9.15 Å². The third kappa shape index (κ3) is 2.61. The molecule has 1 heterocycles. The standard InChI is InChI=1S/C12H18O3/c1-2-15-11-5-9(6-11)7-12(13)10-3-4-14-8-10/h3-4,8-9,11-13H,2,5-7H2,1H3. The van der Waals surface area contributed by atoms with Gasteiger partial charge in [0.25, 0.3) is 0 Å². The highest BCUT2D eigenvalue weighted by atomic mass is 16.5. The van der Waals surface area contributed by atoms with E-state index in [0.717, 1.165) is 31.4 Å². The fourth-order valence-electron chi connectivity index (χ4n) is 2.16. The van der Waals surface area contributed by atoms with Gasteiger partial charge in [0.1, 0.15) is 0 Å². The van der Waals surface area contributed by atoms with Crippen LogP contribution < -0.4 is 0 Å². The summed E-state index contributed by atoms with van der Waals surface area (Å²) in [6.45, 7) is 2.81. The smallest absolute Gasteiger partial charge is 0.0960 e. The first-order valence-corrected chi connectivity index (χ1v) is 5.61. The van der Waals surface area contributed by atoms with Crippen molar-refractivity contribution in [3.63, 3.8) is 0 Å². The van der Waals surface area contributed by atoms with Crippen molar-refractivity contribution in [3.8, 4) is 0 Å². The molecule has 0 amide bonds. The predicted octanol–water partition coefficient (Wildman–Crippen LogP) is 2.52. The zero-order valence-electron chi connectivity index (χ0n) is 9.06. The Morgan fingerprint density at radius 3 is 3.00 bits per heavy atom. The maximum atomic E-state index is 9.86. The summed E-state index contributed by atoms with van der Waals surface area (Å²) in [5.41, 5.74) is 0.884. The van der Waals surface area contributed by atoms with Gasteiger partial charge in [0, 0.05) is 12.2 Å². The van der Waals surface area contributed by atoms with Crippen LogP contribution in [0.15, 0.2) is 23.0 Å². The summed E-state index contributed by atoms with van der Waals surface area (Å²) in [7, 11) is 0. The van der Waals surface area contributed by atoms with Gasteiger partial charge in [0.05, 0.1) is 24.7 Å². The normalized spacial score (nSPS) is 27.3. The van der Waals surface area contributed by atoms with Gasteiger partial charge in [-0.15, -0.1) is 0 Å². The molecule has 1 unspecified atom stereocenters. The van der Waals surface area contributed by atoms with Crippen LogP contribution in [-0.4, -0.2) is 17.8 Å². The lowest BCUT2D eigenvalue weighted by Gasteiger charge is -2.35. The molecule has 1 fully saturated rings. The zero-order valence-corrected chi connectivity index (χ0v) is 9.06. The van der Waals surface area contributed by atoms with E-state index in [0.29, 0.717) is 12.0 Å². The topological polar surface area (TPSA) is 42.6 Å². The summed E-state index contributed by atoms with van der Waals surface area (Å²) in [6.07, 6.45) is 6.26. The van der Waals surface area contributed by atoms with Crippen molar-refractivity contribution in [1.82, 2.24) is 0 Å². The molecular formula is C12H18O3. The Morgan fingerprint density at radius 2 is 2.40 bits per heavy atom. The SMILES string of the molecule is CCOC1CC(CC(O)c2ccoc2)C1. The number of ether oxygens (including phenoxy) is 1. The molecular weight excluding hydrogens is 192 g/mol. The Labute approximate surface area is 90.0 Å². The maximum absolute atomic E-state index is 9.86. The van der Waals surface area contributed by atoms with Crippen LogP contribution in [0.3, 0.4) is 0 Å². The van der Waals surface area contributed by atoms with Gasteiger partial charge in [0.2, 0.25) is 0 Å². The molecule has 1 aromatic heterocycles. The molecule has 1 saturated carbocycles. The number of hydrogen-bond acceptors (Lipinski definition) is 3. The molecule has 3 heteroatoms. The van der Waals surface area contributed by atoms with E-state index < -0.39 is 0 Å². The van der Waals surface area contributed by atoms with Gasteiger partial charge in [-0.05, 0) is 38.2 Å². The second kappa shape index (κ2) is 4.81. The van der Waals surface area contributed by atoms with Crippen LogP contribution in [0.25, 0.3) is 0 Å². The van der Waals surface area contributed by atoms with Crippen molar-refractivity contribution in [2.24, 2.45) is 5.92 Å². The first-order valence-electron chi connectivity index (χ1n) is 5.61. The van der Waals surface area contributed by atoms with Crippen molar-refractivity contribution in [2.75, 3.05) is 6.61 Å². The maximum Gasteiger partial charge on any atom is 0.0960 e. The van der Waals surface area contributed by atoms with Gasteiger partial charge in [-0.1, -0.05) is 0 Å². The van der Waals surface area contributed by atoms with Gasteiger partial charge in [-0.3, -0.25) is 0 Å². The molecule has 3 nitrogen and oxygen atoms in total.